The van der Waals surface area contributed by atoms with Gasteiger partial charge in [-0.1, -0.05) is 31.2 Å². The van der Waals surface area contributed by atoms with Crippen molar-refractivity contribution in [2.75, 3.05) is 19.7 Å². The maximum Gasteiger partial charge on any atom is 0.355 e. The number of aromatic carboxylic acids is 1. The van der Waals surface area contributed by atoms with Gasteiger partial charge in [-0.15, -0.1) is 11.3 Å². The van der Waals surface area contributed by atoms with Crippen molar-refractivity contribution in [2.24, 2.45) is 0 Å². The molecule has 0 aliphatic heterocycles. The van der Waals surface area contributed by atoms with Gasteiger partial charge in [-0.05, 0) is 17.7 Å². The number of carbonyl (C=O) groups is 1. The molecule has 5 nitrogen and oxygen atoms in total. The zero-order chi connectivity index (χ0) is 15.9. The highest BCUT2D eigenvalue weighted by atomic mass is 32.1. The average Bonchev–Trinajstić information content (AvgIpc) is 2.97. The van der Waals surface area contributed by atoms with E-state index in [1.54, 1.807) is 5.38 Å². The maximum atomic E-state index is 10.9. The highest BCUT2D eigenvalue weighted by Gasteiger charge is 2.12. The Hall–Kier alpha value is -1.76. The van der Waals surface area contributed by atoms with Crippen LogP contribution < -0.4 is 0 Å². The Morgan fingerprint density at radius 2 is 2.05 bits per heavy atom. The summed E-state index contributed by atoms with van der Waals surface area (Å²) in [5.74, 6) is -0.990. The van der Waals surface area contributed by atoms with E-state index in [-0.39, 0.29) is 12.3 Å². The third-order valence-corrected chi connectivity index (χ3v) is 4.34. The second-order valence-corrected chi connectivity index (χ2v) is 5.91. The van der Waals surface area contributed by atoms with E-state index in [0.29, 0.717) is 13.0 Å². The van der Waals surface area contributed by atoms with Crippen LogP contribution in [-0.2, 0) is 13.0 Å². The molecule has 0 aliphatic rings. The van der Waals surface area contributed by atoms with Gasteiger partial charge in [0.25, 0.3) is 0 Å². The SMILES string of the molecule is CCN(CCO)Cc1ccccc1Cc1nc(C(=O)O)cs1. The molecule has 0 fully saturated rings. The third kappa shape index (κ3) is 4.37. The van der Waals surface area contributed by atoms with Crippen LogP contribution in [-0.4, -0.2) is 45.8 Å². The van der Waals surface area contributed by atoms with Crippen LogP contribution in [0.5, 0.6) is 0 Å². The molecule has 0 bridgehead atoms. The van der Waals surface area contributed by atoms with E-state index in [2.05, 4.69) is 22.9 Å². The second kappa shape index (κ2) is 8.03. The van der Waals surface area contributed by atoms with Crippen molar-refractivity contribution in [3.63, 3.8) is 0 Å². The molecule has 0 aliphatic carbocycles. The number of hydrogen-bond donors (Lipinski definition) is 2. The standard InChI is InChI=1S/C16H20N2O3S/c1-2-18(7-8-19)10-13-6-4-3-5-12(13)9-15-17-14(11-22-15)16(20)21/h3-6,11,19H,2,7-10H2,1H3,(H,20,21). The molecule has 0 amide bonds. The average molecular weight is 320 g/mol. The molecule has 0 atom stereocenters. The number of hydrogen-bond acceptors (Lipinski definition) is 5. The van der Waals surface area contributed by atoms with Gasteiger partial charge in [-0.2, -0.15) is 0 Å². The van der Waals surface area contributed by atoms with Crippen LogP contribution in [0.3, 0.4) is 0 Å². The molecule has 1 aromatic carbocycles. The first-order valence-corrected chi connectivity index (χ1v) is 8.09. The molecule has 0 saturated carbocycles. The summed E-state index contributed by atoms with van der Waals surface area (Å²) in [6, 6.07) is 8.09. The first-order chi connectivity index (χ1) is 10.6. The summed E-state index contributed by atoms with van der Waals surface area (Å²) >= 11 is 1.37. The summed E-state index contributed by atoms with van der Waals surface area (Å²) < 4.78 is 0. The molecule has 118 valence electrons. The van der Waals surface area contributed by atoms with Crippen molar-refractivity contribution in [2.45, 2.75) is 19.9 Å². The fraction of sp³-hybridized carbons (Fsp3) is 0.375. The molecular formula is C16H20N2O3S. The summed E-state index contributed by atoms with van der Waals surface area (Å²) in [5, 5.41) is 20.4. The summed E-state index contributed by atoms with van der Waals surface area (Å²) in [4.78, 5) is 17.2. The first-order valence-electron chi connectivity index (χ1n) is 7.21. The van der Waals surface area contributed by atoms with Crippen LogP contribution in [0, 0.1) is 0 Å². The zero-order valence-electron chi connectivity index (χ0n) is 12.5. The molecule has 0 spiro atoms. The predicted molar refractivity (Wildman–Crippen MR) is 86.4 cm³/mol. The molecular weight excluding hydrogens is 300 g/mol. The number of thiazole rings is 1. The molecule has 22 heavy (non-hydrogen) atoms. The van der Waals surface area contributed by atoms with Crippen molar-refractivity contribution >= 4 is 17.3 Å². The molecule has 0 radical (unpaired) electrons. The van der Waals surface area contributed by atoms with Gasteiger partial charge in [0, 0.05) is 24.9 Å². The van der Waals surface area contributed by atoms with Gasteiger partial charge in [0.2, 0.25) is 0 Å². The first kappa shape index (κ1) is 16.6. The highest BCUT2D eigenvalue weighted by molar-refractivity contribution is 7.09. The number of aromatic nitrogens is 1. The second-order valence-electron chi connectivity index (χ2n) is 4.97. The molecule has 0 saturated heterocycles. The van der Waals surface area contributed by atoms with Crippen molar-refractivity contribution in [3.05, 3.63) is 51.5 Å². The topological polar surface area (TPSA) is 73.7 Å². The number of carboxylic acid groups (broad SMARTS) is 1. The van der Waals surface area contributed by atoms with E-state index in [1.807, 2.05) is 18.2 Å². The van der Waals surface area contributed by atoms with Crippen LogP contribution in [0.1, 0.15) is 33.5 Å². The molecule has 2 N–H and O–H groups in total. The number of carboxylic acids is 1. The quantitative estimate of drug-likeness (QED) is 0.780. The highest BCUT2D eigenvalue weighted by Crippen LogP contribution is 2.19. The molecule has 0 unspecified atom stereocenters. The van der Waals surface area contributed by atoms with Gasteiger partial charge in [0.15, 0.2) is 5.69 Å². The van der Waals surface area contributed by atoms with Crippen molar-refractivity contribution in [1.82, 2.24) is 9.88 Å². The Balaban J connectivity index is 2.14. The van der Waals surface area contributed by atoms with E-state index in [4.69, 9.17) is 10.2 Å². The number of rotatable bonds is 8. The van der Waals surface area contributed by atoms with Crippen molar-refractivity contribution < 1.29 is 15.0 Å². The smallest absolute Gasteiger partial charge is 0.355 e. The largest absolute Gasteiger partial charge is 0.476 e. The van der Waals surface area contributed by atoms with Crippen molar-refractivity contribution in [3.8, 4) is 0 Å². The number of likely N-dealkylation sites (N-methyl/N-ethyl adjacent to an activating group) is 1. The van der Waals surface area contributed by atoms with Gasteiger partial charge in [0.05, 0.1) is 11.6 Å². The van der Waals surface area contributed by atoms with Crippen LogP contribution in [0.15, 0.2) is 29.6 Å². The molecule has 2 rings (SSSR count). The van der Waals surface area contributed by atoms with E-state index < -0.39 is 5.97 Å². The lowest BCUT2D eigenvalue weighted by Gasteiger charge is -2.20. The lowest BCUT2D eigenvalue weighted by Crippen LogP contribution is -2.26. The third-order valence-electron chi connectivity index (χ3n) is 3.49. The Labute approximate surface area is 133 Å². The minimum atomic E-state index is -0.990. The van der Waals surface area contributed by atoms with Crippen LogP contribution in [0.4, 0.5) is 0 Å². The molecule has 1 heterocycles. The summed E-state index contributed by atoms with van der Waals surface area (Å²) in [5.41, 5.74) is 2.43. The Kier molecular flexibility index (Phi) is 6.06. The Bertz CT molecular complexity index is 627. The fourth-order valence-electron chi connectivity index (χ4n) is 2.27. The van der Waals surface area contributed by atoms with Gasteiger partial charge in [-0.3, -0.25) is 4.90 Å². The van der Waals surface area contributed by atoms with E-state index in [0.717, 1.165) is 23.7 Å². The van der Waals surface area contributed by atoms with Crippen LogP contribution in [0.25, 0.3) is 0 Å². The Morgan fingerprint density at radius 1 is 1.32 bits per heavy atom. The molecule has 6 heteroatoms. The number of benzene rings is 1. The van der Waals surface area contributed by atoms with E-state index >= 15 is 0 Å². The van der Waals surface area contributed by atoms with E-state index in [9.17, 15) is 4.79 Å². The number of aliphatic hydroxyl groups is 1. The van der Waals surface area contributed by atoms with Crippen molar-refractivity contribution in [1.29, 1.82) is 0 Å². The monoisotopic (exact) mass is 320 g/mol. The van der Waals surface area contributed by atoms with Gasteiger partial charge >= 0.3 is 5.97 Å². The summed E-state index contributed by atoms with van der Waals surface area (Å²) in [6.45, 7) is 4.49. The van der Waals surface area contributed by atoms with Crippen LogP contribution in [0.2, 0.25) is 0 Å². The normalized spacial score (nSPS) is 11.0. The van der Waals surface area contributed by atoms with Gasteiger partial charge < -0.3 is 10.2 Å². The van der Waals surface area contributed by atoms with Gasteiger partial charge in [-0.25, -0.2) is 9.78 Å². The lowest BCUT2D eigenvalue weighted by atomic mass is 10.0. The predicted octanol–water partition coefficient (Wildman–Crippen LogP) is 2.25. The maximum absolute atomic E-state index is 10.9. The fourth-order valence-corrected chi connectivity index (χ4v) is 3.06. The minimum Gasteiger partial charge on any atom is -0.476 e. The van der Waals surface area contributed by atoms with Gasteiger partial charge in [0.1, 0.15) is 0 Å². The molecule has 2 aromatic rings. The zero-order valence-corrected chi connectivity index (χ0v) is 13.3. The summed E-state index contributed by atoms with van der Waals surface area (Å²) in [6.07, 6.45) is 0.630. The van der Waals surface area contributed by atoms with E-state index in [1.165, 1.54) is 16.9 Å². The summed E-state index contributed by atoms with van der Waals surface area (Å²) in [7, 11) is 0. The minimum absolute atomic E-state index is 0.105. The number of nitrogens with zero attached hydrogens (tertiary/aromatic N) is 2. The molecule has 1 aromatic heterocycles. The Morgan fingerprint density at radius 3 is 2.64 bits per heavy atom. The number of aliphatic hydroxyl groups excluding tert-OH is 1. The van der Waals surface area contributed by atoms with Crippen LogP contribution >= 0.6 is 11.3 Å². The lowest BCUT2D eigenvalue weighted by molar-refractivity contribution is 0.0691.